The number of unbranched alkanes of at least 4 members (excludes halogenated alkanes) is 4. The Balaban J connectivity index is 0.00000169. The van der Waals surface area contributed by atoms with Gasteiger partial charge in [-0.2, -0.15) is 74.3 Å². The zero-order valence-corrected chi connectivity index (χ0v) is 81.5. The zero-order chi connectivity index (χ0) is 107. The molecule has 49 heteroatoms. The maximum atomic E-state index is 12.8. The summed E-state index contributed by atoms with van der Waals surface area (Å²) < 4.78 is 237. The van der Waals surface area contributed by atoms with E-state index in [0.717, 1.165) is 59.7 Å². The first-order valence-corrected chi connectivity index (χ1v) is 48.5. The standard InChI is InChI=1S/C26H31F3N2O4.C19H25F3N2O4.C15H19F3N2O3.C13H17F3O4S.C8H13F3N2O3.C7H8O.C5H11NO.Cl2OS/c1-19(32)22(16-15-20-10-4-2-5-11-20)31-23(14-8-9-17-30-25(34)26(27,28)29)24(33)35-18-21-12-6-3-7-13-21;1-13(25)15(11-10-14-7-3-2-4-8-14)24-16(17(26)27)9-5-6-12-23-18(28)19(20,21)22;16-15(17,18)14(22)20-9-5-4-8-12(19)13(21)23-10-11-6-2-1-3-7-11;1-2-19-10-12(20-21(17,18)13(14,15)16)9-8-11-6-4-3-5-7-11;9-8(10,11)7(16)13-4-2-1-3-5(12)6(14)15;8-6-7-4-2-1-3-5-7;1-6-2-4-7-5-3-6;1-4(2)3/h2-7,10-13,22-23,31H,8-9,14-18H2,1H3,(H,30,34);2-4,7-8,15-16,24H,5-6,9-12H2,1H3,(H,23,28)(H,26,27);1-3,6-7,12H,4-5,8-10,19H2,(H,20,22);3-7,12H,2,8-10H2,1H3;5H,1-4,12H2,(H,13,16)(H,14,15);1-5,8H,6H2;2-5H2,1H3;/t22-,23-;15-,16-;2*12-;5-;;;/m00000.../s1. The number of aryl methyl sites for hydroxylation is 3. The first-order chi connectivity index (χ1) is 66.6. The number of Topliss-reactive ketones (excluding diaryl/α,β-unsaturated/α-hetero) is 2. The van der Waals surface area contributed by atoms with Gasteiger partial charge in [-0.15, -0.1) is 0 Å². The van der Waals surface area contributed by atoms with Crippen molar-refractivity contribution in [1.29, 1.82) is 0 Å². The van der Waals surface area contributed by atoms with Crippen molar-refractivity contribution in [2.75, 3.05) is 72.7 Å². The predicted molar refractivity (Wildman–Crippen MR) is 499 cm³/mol. The lowest BCUT2D eigenvalue weighted by atomic mass is 10.0. The number of alkyl halides is 15. The van der Waals surface area contributed by atoms with Crippen LogP contribution in [0, 0.1) is 0 Å². The second-order valence-electron chi connectivity index (χ2n) is 30.9. The van der Waals surface area contributed by atoms with Gasteiger partial charge in [0.2, 0.25) is 9.23 Å². The number of ether oxygens (including phenoxy) is 4. The number of carboxylic acids is 2. The van der Waals surface area contributed by atoms with Crippen LogP contribution >= 0.6 is 21.4 Å². The molecular formula is C93H124Cl2F15N9O21S2. The highest BCUT2D eigenvalue weighted by atomic mass is 36.0. The van der Waals surface area contributed by atoms with Crippen molar-refractivity contribution < 1.29 is 165 Å². The average Bonchev–Trinajstić information content (AvgIpc) is 0.826. The molecule has 1 aliphatic rings. The maximum absolute atomic E-state index is 12.8. The number of nitrogens with two attached hydrogens (primary N) is 2. The molecule has 6 aromatic rings. The van der Waals surface area contributed by atoms with Crippen molar-refractivity contribution in [3.63, 3.8) is 0 Å². The Labute approximate surface area is 825 Å². The quantitative estimate of drug-likeness (QED) is 0.00422. The molecule has 1 fully saturated rings. The number of morpholine rings is 1. The summed E-state index contributed by atoms with van der Waals surface area (Å²) in [5.41, 5.74) is 11.0. The van der Waals surface area contributed by atoms with E-state index in [4.69, 9.17) is 44.8 Å². The van der Waals surface area contributed by atoms with E-state index < -0.39 is 139 Å². The van der Waals surface area contributed by atoms with Crippen molar-refractivity contribution in [2.45, 2.75) is 229 Å². The number of halogens is 17. The van der Waals surface area contributed by atoms with Crippen LogP contribution in [0.3, 0.4) is 0 Å². The fourth-order valence-electron chi connectivity index (χ4n) is 11.6. The normalized spacial score (nSPS) is 13.5. The van der Waals surface area contributed by atoms with Crippen LogP contribution < -0.4 is 43.4 Å². The van der Waals surface area contributed by atoms with Crippen LogP contribution in [0.15, 0.2) is 182 Å². The first kappa shape index (κ1) is 132. The minimum atomic E-state index is -5.61. The number of hydrogen-bond donors (Lipinski definition) is 11. The van der Waals surface area contributed by atoms with Crippen molar-refractivity contribution in [3.8, 4) is 0 Å². The average molecular weight is 2120 g/mol. The van der Waals surface area contributed by atoms with E-state index in [1.54, 1.807) is 47.1 Å². The Morgan fingerprint density at radius 3 is 1.01 bits per heavy atom. The fourth-order valence-corrected chi connectivity index (χ4v) is 12.3. The molecule has 4 amide bonds. The van der Waals surface area contributed by atoms with Gasteiger partial charge in [-0.05, 0) is 177 Å². The number of likely N-dealkylation sites (N-methyl/N-ethyl adjacent to an activating group) is 1. The lowest BCUT2D eigenvalue weighted by molar-refractivity contribution is -0.173. The van der Waals surface area contributed by atoms with E-state index in [1.165, 1.54) is 13.8 Å². The van der Waals surface area contributed by atoms with Crippen LogP contribution in [-0.2, 0) is 130 Å². The molecule has 1 saturated heterocycles. The number of hydrogen-bond acceptors (Lipinski definition) is 24. The molecule has 0 saturated carbocycles. The van der Waals surface area contributed by atoms with E-state index in [9.17, 15) is 127 Å². The Hall–Kier alpha value is -10.3. The molecule has 0 unspecified atom stereocenters. The molecule has 7 rings (SSSR count). The molecule has 30 nitrogen and oxygen atoms in total. The van der Waals surface area contributed by atoms with Gasteiger partial charge in [-0.3, -0.25) is 62.8 Å². The van der Waals surface area contributed by atoms with Gasteiger partial charge in [-0.25, -0.2) is 4.21 Å². The Morgan fingerprint density at radius 2 is 0.725 bits per heavy atom. The minimum Gasteiger partial charge on any atom is -0.480 e. The number of benzene rings is 6. The number of rotatable bonds is 49. The molecule has 142 heavy (non-hydrogen) atoms. The zero-order valence-electron chi connectivity index (χ0n) is 78.3. The van der Waals surface area contributed by atoms with Gasteiger partial charge in [0.15, 0.2) is 0 Å². The first-order valence-electron chi connectivity index (χ1n) is 44.3. The number of esters is 2. The van der Waals surface area contributed by atoms with Crippen molar-refractivity contribution in [1.82, 2.24) is 36.8 Å². The topological polar surface area (TPSA) is 456 Å². The highest BCUT2D eigenvalue weighted by Gasteiger charge is 2.49. The molecule has 13 N–H and O–H groups in total. The molecule has 1 aliphatic heterocycles. The summed E-state index contributed by atoms with van der Waals surface area (Å²) >= 11 is 0. The number of aliphatic hydroxyl groups excluding tert-OH is 1. The largest absolute Gasteiger partial charge is 0.523 e. The van der Waals surface area contributed by atoms with Gasteiger partial charge in [0.05, 0.1) is 38.5 Å². The summed E-state index contributed by atoms with van der Waals surface area (Å²) in [5.74, 6) is -11.7. The third-order valence-corrected chi connectivity index (χ3v) is 20.5. The molecular weight excluding hydrogens is 2000 g/mol. The second-order valence-corrected chi connectivity index (χ2v) is 35.0. The summed E-state index contributed by atoms with van der Waals surface area (Å²) in [6.45, 7) is 8.24. The smallest absolute Gasteiger partial charge is 0.480 e. The van der Waals surface area contributed by atoms with Crippen LogP contribution in [-0.4, -0.2) is 237 Å². The number of amides is 4. The summed E-state index contributed by atoms with van der Waals surface area (Å²) in [6, 6.07) is 51.0. The highest BCUT2D eigenvalue weighted by molar-refractivity contribution is 8.26. The van der Waals surface area contributed by atoms with Gasteiger partial charge in [0, 0.05) is 67.2 Å². The lowest BCUT2D eigenvalue weighted by Gasteiger charge is -2.23. The van der Waals surface area contributed by atoms with Crippen molar-refractivity contribution in [3.05, 3.63) is 215 Å². The molecule has 7 atom stereocenters. The third kappa shape index (κ3) is 67.3. The van der Waals surface area contributed by atoms with Crippen molar-refractivity contribution in [2.24, 2.45) is 11.5 Å². The molecule has 6 aromatic carbocycles. The van der Waals surface area contributed by atoms with Gasteiger partial charge in [-0.1, -0.05) is 182 Å². The van der Waals surface area contributed by atoms with Crippen LogP contribution in [0.5, 0.6) is 0 Å². The SMILES string of the molecule is CC(=O)[C@H](CCc1ccccc1)N[C@@H](CCCCNC(=O)C(F)(F)F)C(=O)O.CC(=O)[C@H](CCc1ccccc1)N[C@@H](CCCCNC(=O)C(F)(F)F)C(=O)OCc1ccccc1.CCOC[C@H](CCc1ccccc1)OS(=O)(=O)C(F)(F)F.CN1CCOCC1.N[C@@H](CCCCNC(=O)C(F)(F)F)C(=O)O.N[C@@H](CCCCNC(=O)C(F)(F)F)C(=O)OCc1ccccc1.O=S(Cl)Cl.OCc1ccccc1. The van der Waals surface area contributed by atoms with Crippen molar-refractivity contribution >= 4 is 99.8 Å². The summed E-state index contributed by atoms with van der Waals surface area (Å²) in [6.07, 6.45) is -15.0. The summed E-state index contributed by atoms with van der Waals surface area (Å²) in [5, 5.41) is 39.2. The minimum absolute atomic E-state index is 0.0637. The molecule has 0 spiro atoms. The second kappa shape index (κ2) is 73.7. The predicted octanol–water partition coefficient (Wildman–Crippen LogP) is 13.8. The molecule has 798 valence electrons. The van der Waals surface area contributed by atoms with E-state index in [1.807, 2.05) is 163 Å². The number of carbonyl (C=O) groups excluding carboxylic acids is 8. The van der Waals surface area contributed by atoms with Gasteiger partial charge < -0.3 is 71.9 Å². The number of aliphatic carboxylic acids is 2. The molecule has 1 heterocycles. The fraction of sp³-hybridized carbons (Fsp3) is 0.505. The molecule has 0 bridgehead atoms. The number of carboxylic acid groups (broad SMARTS) is 2. The van der Waals surface area contributed by atoms with E-state index in [2.05, 4.69) is 48.1 Å². The molecule has 0 radical (unpaired) electrons. The van der Waals surface area contributed by atoms with Crippen LogP contribution in [0.2, 0.25) is 0 Å². The maximum Gasteiger partial charge on any atom is 0.523 e. The van der Waals surface area contributed by atoms with Crippen LogP contribution in [0.1, 0.15) is 150 Å². The van der Waals surface area contributed by atoms with E-state index in [0.29, 0.717) is 57.8 Å². The van der Waals surface area contributed by atoms with Gasteiger partial charge >= 0.3 is 87.8 Å². The van der Waals surface area contributed by atoms with Gasteiger partial charge in [0.1, 0.15) is 55.1 Å². The van der Waals surface area contributed by atoms with Crippen LogP contribution in [0.4, 0.5) is 65.9 Å². The Bertz CT molecular complexity index is 4660. The number of ketones is 2. The third-order valence-electron chi connectivity index (χ3n) is 19.4. The highest BCUT2D eigenvalue weighted by Crippen LogP contribution is 2.28. The van der Waals surface area contributed by atoms with Gasteiger partial charge in [0.25, 0.3) is 0 Å². The lowest BCUT2D eigenvalue weighted by Crippen LogP contribution is -2.47. The summed E-state index contributed by atoms with van der Waals surface area (Å²) in [7, 11) is 3.86. The summed E-state index contributed by atoms with van der Waals surface area (Å²) in [4.78, 5) is 115. The number of aliphatic hydroxyl groups is 1. The monoisotopic (exact) mass is 2120 g/mol. The van der Waals surface area contributed by atoms with Crippen LogP contribution in [0.25, 0.3) is 0 Å². The number of nitrogens with zero attached hydrogens (tertiary/aromatic N) is 1. The van der Waals surface area contributed by atoms with E-state index >= 15 is 0 Å². The Morgan fingerprint density at radius 1 is 0.430 bits per heavy atom. The molecule has 0 aromatic heterocycles. The van der Waals surface area contributed by atoms with E-state index in [-0.39, 0.29) is 129 Å². The number of carbonyl (C=O) groups is 10. The molecule has 0 aliphatic carbocycles. The number of nitrogens with one attached hydrogen (secondary N) is 6. The Kier molecular flexibility index (Phi) is 68.4.